The molecule has 20 heavy (non-hydrogen) atoms. The van der Waals surface area contributed by atoms with Gasteiger partial charge in [0.15, 0.2) is 0 Å². The fraction of sp³-hybridized carbons (Fsp3) is 0. The van der Waals surface area contributed by atoms with Crippen LogP contribution in [-0.4, -0.2) is 31.0 Å². The topological polar surface area (TPSA) is 129 Å². The number of aromatic hydroxyl groups is 1. The summed E-state index contributed by atoms with van der Waals surface area (Å²) in [7, 11) is -9.06. The zero-order chi connectivity index (χ0) is 14.4. The molecule has 0 atom stereocenters. The zero-order valence-electron chi connectivity index (χ0n) is 10.2. The second kappa shape index (κ2) is 5.60. The molecule has 0 aliphatic carbocycles. The van der Waals surface area contributed by atoms with Gasteiger partial charge in [-0.05, 0) is 35.0 Å². The van der Waals surface area contributed by atoms with Gasteiger partial charge in [0.25, 0.3) is 20.2 Å². The standard InChI is InChI=1S/C10H8O7S2.Na/c11-9-4-6-1-2-8(18(12,13)14)3-7(6)5-10(9)19(15,16)17;/h1-5,11H,(H,12,13,14)(H,15,16,17);/q;+1. The molecule has 2 aromatic rings. The van der Waals surface area contributed by atoms with Crippen LogP contribution in [0, 0.1) is 0 Å². The molecule has 0 aliphatic heterocycles. The molecule has 3 N–H and O–H groups in total. The van der Waals surface area contributed by atoms with E-state index in [-0.39, 0.29) is 34.9 Å². The summed E-state index contributed by atoms with van der Waals surface area (Å²) >= 11 is 0. The normalized spacial score (nSPS) is 12.1. The molecule has 0 saturated carbocycles. The zero-order valence-corrected chi connectivity index (χ0v) is 13.8. The van der Waals surface area contributed by atoms with E-state index in [0.717, 1.165) is 24.3 Å². The van der Waals surface area contributed by atoms with Crippen molar-refractivity contribution in [3.63, 3.8) is 0 Å². The molecule has 0 bridgehead atoms. The van der Waals surface area contributed by atoms with Crippen LogP contribution in [0.5, 0.6) is 5.75 Å². The van der Waals surface area contributed by atoms with E-state index in [1.165, 1.54) is 6.07 Å². The Morgan fingerprint density at radius 3 is 1.90 bits per heavy atom. The van der Waals surface area contributed by atoms with Crippen molar-refractivity contribution in [2.75, 3.05) is 0 Å². The monoisotopic (exact) mass is 327 g/mol. The Morgan fingerprint density at radius 2 is 1.40 bits per heavy atom. The van der Waals surface area contributed by atoms with E-state index in [9.17, 15) is 21.9 Å². The van der Waals surface area contributed by atoms with Crippen LogP contribution >= 0.6 is 0 Å². The largest absolute Gasteiger partial charge is 1.00 e. The van der Waals surface area contributed by atoms with Crippen LogP contribution in [0.4, 0.5) is 0 Å². The number of hydrogen-bond acceptors (Lipinski definition) is 5. The molecular weight excluding hydrogens is 319 g/mol. The van der Waals surface area contributed by atoms with Gasteiger partial charge in [-0.1, -0.05) is 6.07 Å². The van der Waals surface area contributed by atoms with Crippen LogP contribution in [-0.2, 0) is 20.2 Å². The molecule has 0 aliphatic rings. The van der Waals surface area contributed by atoms with Gasteiger partial charge >= 0.3 is 29.6 Å². The van der Waals surface area contributed by atoms with E-state index in [1.54, 1.807) is 0 Å². The minimum absolute atomic E-state index is 0. The second-order valence-corrected chi connectivity index (χ2v) is 6.59. The van der Waals surface area contributed by atoms with Gasteiger partial charge in [-0.3, -0.25) is 9.11 Å². The third-order valence-corrected chi connectivity index (χ3v) is 4.20. The van der Waals surface area contributed by atoms with Crippen molar-refractivity contribution < 1.29 is 60.6 Å². The fourth-order valence-electron chi connectivity index (χ4n) is 1.61. The summed E-state index contributed by atoms with van der Waals surface area (Å²) in [5.74, 6) is -0.658. The van der Waals surface area contributed by atoms with Gasteiger partial charge in [-0.2, -0.15) is 16.8 Å². The maximum atomic E-state index is 11.0. The first kappa shape index (κ1) is 17.4. The number of hydrogen-bond donors (Lipinski definition) is 3. The maximum Gasteiger partial charge on any atom is 1.00 e. The molecule has 0 aromatic heterocycles. The van der Waals surface area contributed by atoms with Crippen molar-refractivity contribution in [2.45, 2.75) is 9.79 Å². The summed E-state index contributed by atoms with van der Waals surface area (Å²) in [5, 5.41) is 9.94. The molecule has 0 radical (unpaired) electrons. The third-order valence-electron chi connectivity index (χ3n) is 2.47. The van der Waals surface area contributed by atoms with Gasteiger partial charge in [-0.15, -0.1) is 0 Å². The van der Waals surface area contributed by atoms with E-state index in [2.05, 4.69) is 0 Å². The molecule has 0 amide bonds. The Hall–Kier alpha value is -0.680. The van der Waals surface area contributed by atoms with Gasteiger partial charge < -0.3 is 5.11 Å². The molecule has 0 heterocycles. The molecular formula is C10H8NaO7S2+. The number of rotatable bonds is 2. The molecule has 0 saturated heterocycles. The first-order valence-corrected chi connectivity index (χ1v) is 7.69. The van der Waals surface area contributed by atoms with E-state index in [4.69, 9.17) is 9.11 Å². The predicted octanol–water partition coefficient (Wildman–Crippen LogP) is -1.96. The summed E-state index contributed by atoms with van der Waals surface area (Å²) in [4.78, 5) is -1.17. The van der Waals surface area contributed by atoms with Gasteiger partial charge in [0.2, 0.25) is 0 Å². The van der Waals surface area contributed by atoms with Crippen molar-refractivity contribution >= 4 is 31.0 Å². The SMILES string of the molecule is O=S(=O)(O)c1ccc2cc(O)c(S(=O)(=O)O)cc2c1.[Na+]. The van der Waals surface area contributed by atoms with E-state index in [0.29, 0.717) is 5.39 Å². The molecule has 10 heteroatoms. The second-order valence-electron chi connectivity index (χ2n) is 3.78. The number of benzene rings is 2. The summed E-state index contributed by atoms with van der Waals surface area (Å²) in [6, 6.07) is 5.38. The van der Waals surface area contributed by atoms with Gasteiger partial charge in [0.05, 0.1) is 4.90 Å². The summed E-state index contributed by atoms with van der Waals surface area (Å²) in [6.07, 6.45) is 0. The first-order valence-electron chi connectivity index (χ1n) is 4.81. The third kappa shape index (κ3) is 3.50. The number of phenols is 1. The molecule has 102 valence electrons. The Morgan fingerprint density at radius 1 is 0.800 bits per heavy atom. The van der Waals surface area contributed by atoms with Crippen molar-refractivity contribution in [3.8, 4) is 5.75 Å². The van der Waals surface area contributed by atoms with E-state index in [1.807, 2.05) is 0 Å². The minimum Gasteiger partial charge on any atom is -0.506 e. The summed E-state index contributed by atoms with van der Waals surface area (Å²) in [5.41, 5.74) is 0. The summed E-state index contributed by atoms with van der Waals surface area (Å²) in [6.45, 7) is 0. The van der Waals surface area contributed by atoms with E-state index >= 15 is 0 Å². The molecule has 0 spiro atoms. The van der Waals surface area contributed by atoms with Gasteiger partial charge in [0, 0.05) is 0 Å². The maximum absolute atomic E-state index is 11.0. The van der Waals surface area contributed by atoms with Crippen LogP contribution in [0.25, 0.3) is 10.8 Å². The minimum atomic E-state index is -4.64. The molecule has 2 rings (SSSR count). The van der Waals surface area contributed by atoms with Gasteiger partial charge in [-0.25, -0.2) is 0 Å². The van der Waals surface area contributed by atoms with Crippen molar-refractivity contribution in [3.05, 3.63) is 30.3 Å². The molecule has 0 unspecified atom stereocenters. The van der Waals surface area contributed by atoms with Crippen LogP contribution in [0.1, 0.15) is 0 Å². The smallest absolute Gasteiger partial charge is 0.506 e. The molecule has 0 fully saturated rings. The number of phenolic OH excluding ortho intramolecular Hbond substituents is 1. The average molecular weight is 327 g/mol. The Labute approximate surface area is 137 Å². The van der Waals surface area contributed by atoms with Crippen molar-refractivity contribution in [1.82, 2.24) is 0 Å². The predicted molar refractivity (Wildman–Crippen MR) is 65.2 cm³/mol. The Kier molecular flexibility index (Phi) is 4.87. The van der Waals surface area contributed by atoms with Crippen molar-refractivity contribution in [1.29, 1.82) is 0 Å². The first-order chi connectivity index (χ1) is 8.59. The van der Waals surface area contributed by atoms with Crippen LogP contribution in [0.2, 0.25) is 0 Å². The number of fused-ring (bicyclic) bond motifs is 1. The van der Waals surface area contributed by atoms with E-state index < -0.39 is 35.8 Å². The fourth-order valence-corrected chi connectivity index (χ4v) is 2.72. The average Bonchev–Trinajstić information content (AvgIpc) is 2.24. The van der Waals surface area contributed by atoms with Gasteiger partial charge in [0.1, 0.15) is 10.6 Å². The quantitative estimate of drug-likeness (QED) is 0.431. The molecule has 2 aromatic carbocycles. The Balaban J connectivity index is 0.00000200. The Bertz CT molecular complexity index is 872. The van der Waals surface area contributed by atoms with Crippen molar-refractivity contribution in [2.24, 2.45) is 0 Å². The summed E-state index contributed by atoms with van der Waals surface area (Å²) < 4.78 is 61.7. The van der Waals surface area contributed by atoms with Crippen LogP contribution in [0.3, 0.4) is 0 Å². The van der Waals surface area contributed by atoms with Crippen LogP contribution in [0.15, 0.2) is 40.1 Å². The molecule has 7 nitrogen and oxygen atoms in total. The van der Waals surface area contributed by atoms with Crippen LogP contribution < -0.4 is 29.6 Å².